The molecule has 0 fully saturated rings. The van der Waals surface area contributed by atoms with Crippen LogP contribution in [0.25, 0.3) is 0 Å². The van der Waals surface area contributed by atoms with Crippen molar-refractivity contribution in [2.24, 2.45) is 5.73 Å². The molecule has 128 valence electrons. The minimum atomic E-state index is -0.412. The van der Waals surface area contributed by atoms with Crippen LogP contribution in [0.15, 0.2) is 12.2 Å². The molecule has 2 atom stereocenters. The average molecular weight is 344 g/mol. The van der Waals surface area contributed by atoms with Crippen LogP contribution in [0.4, 0.5) is 0 Å². The average Bonchev–Trinajstić information content (AvgIpc) is 2.27. The topological polar surface area (TPSA) is 66.6 Å². The predicted molar refractivity (Wildman–Crippen MR) is 85.7 cm³/mol. The molecular weight excluding hydrogens is 313 g/mol. The van der Waals surface area contributed by atoms with Crippen molar-refractivity contribution in [1.29, 1.82) is 0 Å². The van der Waals surface area contributed by atoms with E-state index in [2.05, 4.69) is 6.58 Å². The van der Waals surface area contributed by atoms with Crippen LogP contribution in [0.1, 0.15) is 13.3 Å². The fraction of sp³-hybridized carbons (Fsp3) is 0.786. The number of likely N-dealkylation sites (N-methyl/N-ethyl adjacent to an activating group) is 2. The Hall–Kier alpha value is -0.330. The molecule has 0 aliphatic carbocycles. The van der Waals surface area contributed by atoms with Gasteiger partial charge in [0.05, 0.1) is 27.0 Å². The van der Waals surface area contributed by atoms with Crippen molar-refractivity contribution in [1.82, 2.24) is 4.90 Å². The predicted octanol–water partition coefficient (Wildman–Crippen LogP) is -2.34. The maximum Gasteiger partial charge on any atom is 0.245 e. The lowest BCUT2D eigenvalue weighted by atomic mass is 10.1. The van der Waals surface area contributed by atoms with Crippen LogP contribution in [0.2, 0.25) is 0 Å². The Morgan fingerprint density at radius 2 is 1.81 bits per heavy atom. The summed E-state index contributed by atoms with van der Waals surface area (Å²) in [5.74, 6) is -0.0826. The van der Waals surface area contributed by atoms with Crippen molar-refractivity contribution < 1.29 is 26.8 Å². The van der Waals surface area contributed by atoms with Gasteiger partial charge in [-0.2, -0.15) is 0 Å². The molecule has 0 saturated carbocycles. The Morgan fingerprint density at radius 3 is 1.90 bits per heavy atom. The molecule has 0 bridgehead atoms. The third-order valence-corrected chi connectivity index (χ3v) is 3.02. The van der Waals surface area contributed by atoms with Crippen molar-refractivity contribution in [2.45, 2.75) is 25.5 Å². The first-order valence-corrected chi connectivity index (χ1v) is 7.19. The number of carbonyl (C=O) groups is 1. The van der Waals surface area contributed by atoms with Crippen LogP contribution in [0, 0.1) is 0 Å². The van der Waals surface area contributed by atoms with Gasteiger partial charge in [-0.05, 0) is 20.5 Å². The van der Waals surface area contributed by atoms with Crippen molar-refractivity contribution in [3.8, 4) is 0 Å². The number of hydrogen-bond donors (Lipinski definition) is 2. The highest BCUT2D eigenvalue weighted by Gasteiger charge is 2.16. The summed E-state index contributed by atoms with van der Waals surface area (Å²) in [5, 5.41) is 9.05. The van der Waals surface area contributed by atoms with Gasteiger partial charge >= 0.3 is 0 Å². The van der Waals surface area contributed by atoms with E-state index in [4.69, 9.17) is 22.4 Å². The van der Waals surface area contributed by atoms with E-state index in [-0.39, 0.29) is 24.6 Å². The Morgan fingerprint density at radius 1 is 1.38 bits per heavy atom. The number of aliphatic hydroxyl groups is 1. The number of nitrogens with two attached hydrogens (primary N) is 1. The summed E-state index contributed by atoms with van der Waals surface area (Å²) in [6, 6.07) is 0.0764. The second kappa shape index (κ2) is 12.2. The first kappa shape index (κ1) is 25.6. The van der Waals surface area contributed by atoms with E-state index in [0.717, 1.165) is 10.9 Å². The van der Waals surface area contributed by atoms with E-state index in [1.54, 1.807) is 0 Å². The molecule has 2 unspecified atom stereocenters. The van der Waals surface area contributed by atoms with Crippen molar-refractivity contribution in [3.05, 3.63) is 12.2 Å². The van der Waals surface area contributed by atoms with Gasteiger partial charge in [-0.25, -0.2) is 0 Å². The monoisotopic (exact) mass is 343 g/mol. The lowest BCUT2D eigenvalue weighted by Crippen LogP contribution is -3.00. The Bertz CT molecular complexity index is 305. The molecule has 0 radical (unpaired) electrons. The summed E-state index contributed by atoms with van der Waals surface area (Å²) in [6.45, 7) is 6.34. The zero-order valence-electron chi connectivity index (χ0n) is 14.1. The van der Waals surface area contributed by atoms with Crippen LogP contribution in [0.3, 0.4) is 0 Å². The van der Waals surface area contributed by atoms with Crippen LogP contribution < -0.4 is 18.1 Å². The van der Waals surface area contributed by atoms with E-state index in [9.17, 15) is 4.79 Å². The first-order valence-electron chi connectivity index (χ1n) is 6.65. The van der Waals surface area contributed by atoms with Crippen LogP contribution in [0.5, 0.6) is 0 Å². The van der Waals surface area contributed by atoms with Crippen LogP contribution in [-0.2, 0) is 4.79 Å². The van der Waals surface area contributed by atoms with E-state index in [1.165, 1.54) is 0 Å². The molecule has 5 nitrogen and oxygen atoms in total. The summed E-state index contributed by atoms with van der Waals surface area (Å²) >= 11 is 5.40. The standard InChI is InChI=1S/C8H16N2O.C6H15ClNO.ClH/c1-5-7(10(3)4)6(2)8(9)11;1-8(2,3)5-6(9)4-7;/h7H,2,5H2,1,3-4H3,(H2,9,11);6,9H,4-5H2,1-3H3;1H/q;+1;/p-1. The van der Waals surface area contributed by atoms with Gasteiger partial charge in [-0.3, -0.25) is 4.79 Å². The van der Waals surface area contributed by atoms with Crippen LogP contribution in [-0.4, -0.2) is 80.2 Å². The molecule has 0 rings (SSSR count). The number of alkyl halides is 1. The van der Waals surface area contributed by atoms with Gasteiger partial charge in [0.25, 0.3) is 0 Å². The van der Waals surface area contributed by atoms with Crippen LogP contribution >= 0.6 is 11.6 Å². The van der Waals surface area contributed by atoms with E-state index in [1.807, 2.05) is 47.1 Å². The number of rotatable bonds is 7. The number of quaternary nitrogens is 1. The molecule has 0 heterocycles. The third-order valence-electron chi connectivity index (χ3n) is 2.67. The fourth-order valence-electron chi connectivity index (χ4n) is 1.77. The lowest BCUT2D eigenvalue weighted by Gasteiger charge is -2.25. The number of aliphatic hydroxyl groups excluding tert-OH is 1. The van der Waals surface area contributed by atoms with Gasteiger partial charge in [0.2, 0.25) is 5.91 Å². The zero-order valence-corrected chi connectivity index (χ0v) is 15.6. The van der Waals surface area contributed by atoms with Gasteiger partial charge in [0, 0.05) is 11.6 Å². The van der Waals surface area contributed by atoms with Gasteiger partial charge in [-0.1, -0.05) is 13.5 Å². The molecule has 7 heteroatoms. The Balaban J connectivity index is -0.000000300. The molecule has 0 aromatic rings. The molecule has 0 aliphatic rings. The highest BCUT2D eigenvalue weighted by atomic mass is 35.5. The molecule has 21 heavy (non-hydrogen) atoms. The molecule has 0 aromatic heterocycles. The summed E-state index contributed by atoms with van der Waals surface area (Å²) < 4.78 is 0.758. The molecule has 0 saturated heterocycles. The number of primary amides is 1. The number of nitrogens with zero attached hydrogens (tertiary/aromatic N) is 2. The smallest absolute Gasteiger partial charge is 0.245 e. The normalized spacial score (nSPS) is 13.6. The van der Waals surface area contributed by atoms with Crippen molar-refractivity contribution >= 4 is 17.5 Å². The Kier molecular flexibility index (Phi) is 14.9. The third kappa shape index (κ3) is 14.4. The molecule has 1 amide bonds. The summed E-state index contributed by atoms with van der Waals surface area (Å²) in [5.41, 5.74) is 5.57. The van der Waals surface area contributed by atoms with Gasteiger partial charge in [-0.15, -0.1) is 11.6 Å². The second-order valence-corrected chi connectivity index (χ2v) is 6.37. The SMILES string of the molecule is C=C(C(N)=O)C(CC)N(C)C.C[N+](C)(C)CC(O)CCl.[Cl-]. The van der Waals surface area contributed by atoms with E-state index < -0.39 is 5.91 Å². The molecule has 0 aliphatic heterocycles. The fourth-order valence-corrected chi connectivity index (χ4v) is 1.87. The van der Waals surface area contributed by atoms with E-state index >= 15 is 0 Å². The number of halogens is 2. The van der Waals surface area contributed by atoms with E-state index in [0.29, 0.717) is 18.0 Å². The minimum absolute atomic E-state index is 0. The van der Waals surface area contributed by atoms with Gasteiger partial charge in [0.1, 0.15) is 12.6 Å². The first-order chi connectivity index (χ1) is 8.96. The Labute approximate surface area is 140 Å². The number of carbonyl (C=O) groups excluding carboxylic acids is 1. The molecule has 3 N–H and O–H groups in total. The highest BCUT2D eigenvalue weighted by molar-refractivity contribution is 6.18. The number of hydrogen-bond acceptors (Lipinski definition) is 3. The van der Waals surface area contributed by atoms with Crippen molar-refractivity contribution in [2.75, 3.05) is 47.7 Å². The second-order valence-electron chi connectivity index (χ2n) is 6.06. The maximum atomic E-state index is 10.7. The zero-order chi connectivity index (χ0) is 16.5. The summed E-state index contributed by atoms with van der Waals surface area (Å²) in [7, 11) is 9.88. The molecule has 0 aromatic carbocycles. The molecule has 0 spiro atoms. The number of amides is 1. The largest absolute Gasteiger partial charge is 1.00 e. The van der Waals surface area contributed by atoms with Crippen molar-refractivity contribution in [3.63, 3.8) is 0 Å². The minimum Gasteiger partial charge on any atom is -1.00 e. The highest BCUT2D eigenvalue weighted by Crippen LogP contribution is 2.08. The maximum absolute atomic E-state index is 10.7. The lowest BCUT2D eigenvalue weighted by molar-refractivity contribution is -0.873. The summed E-state index contributed by atoms with van der Waals surface area (Å²) in [6.07, 6.45) is 0.487. The van der Waals surface area contributed by atoms with Gasteiger partial charge < -0.3 is 32.6 Å². The summed E-state index contributed by atoms with van der Waals surface area (Å²) in [4.78, 5) is 12.6. The van der Waals surface area contributed by atoms with Gasteiger partial charge in [0.15, 0.2) is 0 Å². The quantitative estimate of drug-likeness (QED) is 0.309. The molecular formula is C14H31Cl2N3O2.